The van der Waals surface area contributed by atoms with Crippen molar-refractivity contribution in [3.05, 3.63) is 12.7 Å². The lowest BCUT2D eigenvalue weighted by atomic mass is 10.0. The van der Waals surface area contributed by atoms with Gasteiger partial charge in [-0.1, -0.05) is 13.0 Å². The molecule has 0 radical (unpaired) electrons. The van der Waals surface area contributed by atoms with Crippen LogP contribution in [-0.4, -0.2) is 17.5 Å². The lowest BCUT2D eigenvalue weighted by Gasteiger charge is -2.09. The van der Waals surface area contributed by atoms with Gasteiger partial charge in [0.15, 0.2) is 0 Å². The van der Waals surface area contributed by atoms with E-state index >= 15 is 0 Å². The second kappa shape index (κ2) is 4.27. The molecule has 0 spiro atoms. The smallest absolute Gasteiger partial charge is 0.129 e. The number of aldehydes is 1. The van der Waals surface area contributed by atoms with Crippen molar-refractivity contribution in [2.45, 2.75) is 19.4 Å². The molecule has 0 saturated heterocycles. The molecule has 2 atom stereocenters. The first-order valence-electron chi connectivity index (χ1n) is 3.02. The average Bonchev–Trinajstić information content (AvgIpc) is 1.90. The summed E-state index contributed by atoms with van der Waals surface area (Å²) in [6.45, 7) is 5.23. The number of hydrogen-bond donors (Lipinski definition) is 1. The second-order valence-electron chi connectivity index (χ2n) is 1.92. The lowest BCUT2D eigenvalue weighted by molar-refractivity contribution is -0.112. The minimum Gasteiger partial charge on any atom is -0.392 e. The summed E-state index contributed by atoms with van der Waals surface area (Å²) in [5.41, 5.74) is 0. The largest absolute Gasteiger partial charge is 0.392 e. The zero-order valence-corrected chi connectivity index (χ0v) is 5.58. The average molecular weight is 128 g/mol. The van der Waals surface area contributed by atoms with Crippen molar-refractivity contribution in [2.75, 3.05) is 0 Å². The number of carbonyl (C=O) groups excluding carboxylic acids is 1. The van der Waals surface area contributed by atoms with Gasteiger partial charge in [-0.15, -0.1) is 6.58 Å². The fraction of sp³-hybridized carbons (Fsp3) is 0.571. The Morgan fingerprint density at radius 3 is 2.44 bits per heavy atom. The summed E-state index contributed by atoms with van der Waals surface area (Å²) in [4.78, 5) is 10.1. The van der Waals surface area contributed by atoms with E-state index in [2.05, 4.69) is 6.58 Å². The fourth-order valence-corrected chi connectivity index (χ4v) is 0.575. The minimum atomic E-state index is -0.556. The topological polar surface area (TPSA) is 37.3 Å². The van der Waals surface area contributed by atoms with Crippen molar-refractivity contribution in [3.63, 3.8) is 0 Å². The molecule has 2 nitrogen and oxygen atoms in total. The molecule has 0 aromatic rings. The van der Waals surface area contributed by atoms with E-state index in [1.54, 1.807) is 0 Å². The predicted octanol–water partition coefficient (Wildman–Crippen LogP) is 0.758. The number of hydrogen-bond acceptors (Lipinski definition) is 2. The molecule has 9 heavy (non-hydrogen) atoms. The molecule has 0 amide bonds. The van der Waals surface area contributed by atoms with E-state index < -0.39 is 12.0 Å². The van der Waals surface area contributed by atoms with Crippen LogP contribution in [0.15, 0.2) is 12.7 Å². The standard InChI is InChI=1S/C7H12O2/c1-3-6(5-8)7(9)4-2/h3,5-7,9H,1,4H2,2H3/t6-,7-/m1/s1. The van der Waals surface area contributed by atoms with Gasteiger partial charge in [-0.2, -0.15) is 0 Å². The Morgan fingerprint density at radius 1 is 1.78 bits per heavy atom. The van der Waals surface area contributed by atoms with Gasteiger partial charge in [0.1, 0.15) is 6.29 Å². The van der Waals surface area contributed by atoms with Gasteiger partial charge in [0.2, 0.25) is 0 Å². The van der Waals surface area contributed by atoms with Crippen LogP contribution in [0.5, 0.6) is 0 Å². The number of carbonyl (C=O) groups is 1. The zero-order chi connectivity index (χ0) is 7.28. The van der Waals surface area contributed by atoms with Gasteiger partial charge >= 0.3 is 0 Å². The highest BCUT2D eigenvalue weighted by atomic mass is 16.3. The zero-order valence-electron chi connectivity index (χ0n) is 5.58. The van der Waals surface area contributed by atoms with Crippen molar-refractivity contribution in [1.29, 1.82) is 0 Å². The minimum absolute atomic E-state index is 0.394. The van der Waals surface area contributed by atoms with Crippen LogP contribution in [0, 0.1) is 5.92 Å². The molecule has 0 fully saturated rings. The van der Waals surface area contributed by atoms with Crippen LogP contribution in [0.1, 0.15) is 13.3 Å². The molecule has 0 heterocycles. The van der Waals surface area contributed by atoms with Gasteiger partial charge in [-0.05, 0) is 6.42 Å². The summed E-state index contributed by atoms with van der Waals surface area (Å²) in [6, 6.07) is 0. The predicted molar refractivity (Wildman–Crippen MR) is 36.0 cm³/mol. The van der Waals surface area contributed by atoms with Gasteiger partial charge < -0.3 is 9.90 Å². The number of aliphatic hydroxyl groups is 1. The highest BCUT2D eigenvalue weighted by Crippen LogP contribution is 2.04. The van der Waals surface area contributed by atoms with Crippen LogP contribution in [0.25, 0.3) is 0 Å². The Hall–Kier alpha value is -0.630. The maximum Gasteiger partial charge on any atom is 0.129 e. The van der Waals surface area contributed by atoms with Gasteiger partial charge in [-0.3, -0.25) is 0 Å². The summed E-state index contributed by atoms with van der Waals surface area (Å²) in [5.74, 6) is -0.394. The van der Waals surface area contributed by atoms with Crippen molar-refractivity contribution < 1.29 is 9.90 Å². The molecule has 0 bridgehead atoms. The first kappa shape index (κ1) is 8.37. The van der Waals surface area contributed by atoms with Crippen LogP contribution >= 0.6 is 0 Å². The summed E-state index contributed by atoms with van der Waals surface area (Å²) >= 11 is 0. The lowest BCUT2D eigenvalue weighted by Crippen LogP contribution is -2.17. The third-order valence-corrected chi connectivity index (χ3v) is 1.29. The Balaban J connectivity index is 3.77. The number of aliphatic hydroxyl groups excluding tert-OH is 1. The molecule has 52 valence electrons. The van der Waals surface area contributed by atoms with Gasteiger partial charge in [0, 0.05) is 0 Å². The normalized spacial score (nSPS) is 16.2. The van der Waals surface area contributed by atoms with E-state index in [1.165, 1.54) is 6.08 Å². The highest BCUT2D eigenvalue weighted by molar-refractivity contribution is 5.57. The quantitative estimate of drug-likeness (QED) is 0.448. The van der Waals surface area contributed by atoms with Crippen molar-refractivity contribution in [2.24, 2.45) is 5.92 Å². The Morgan fingerprint density at radius 2 is 2.33 bits per heavy atom. The number of rotatable bonds is 4. The maximum absolute atomic E-state index is 10.1. The van der Waals surface area contributed by atoms with Crippen LogP contribution in [0.2, 0.25) is 0 Å². The molecule has 0 aliphatic heterocycles. The van der Waals surface area contributed by atoms with Crippen molar-refractivity contribution in [3.8, 4) is 0 Å². The van der Waals surface area contributed by atoms with Crippen molar-refractivity contribution in [1.82, 2.24) is 0 Å². The Labute approximate surface area is 55.2 Å². The van der Waals surface area contributed by atoms with E-state index in [4.69, 9.17) is 5.11 Å². The molecular weight excluding hydrogens is 116 g/mol. The van der Waals surface area contributed by atoms with Crippen molar-refractivity contribution >= 4 is 6.29 Å². The first-order chi connectivity index (χ1) is 4.26. The molecule has 0 saturated carbocycles. The molecule has 2 heteroatoms. The van der Waals surface area contributed by atoms with Gasteiger partial charge in [-0.25, -0.2) is 0 Å². The van der Waals surface area contributed by atoms with Gasteiger partial charge in [0.25, 0.3) is 0 Å². The fourth-order valence-electron chi connectivity index (χ4n) is 0.575. The van der Waals surface area contributed by atoms with Crippen LogP contribution in [-0.2, 0) is 4.79 Å². The molecule has 0 unspecified atom stereocenters. The molecule has 0 aliphatic carbocycles. The van der Waals surface area contributed by atoms with E-state index in [0.717, 1.165) is 0 Å². The Kier molecular flexibility index (Phi) is 3.97. The van der Waals surface area contributed by atoms with Gasteiger partial charge in [0.05, 0.1) is 12.0 Å². The summed E-state index contributed by atoms with van der Waals surface area (Å²) < 4.78 is 0. The molecule has 0 rings (SSSR count). The molecule has 0 aliphatic rings. The SMILES string of the molecule is C=C[C@H](C=O)[C@H](O)CC. The van der Waals surface area contributed by atoms with E-state index in [9.17, 15) is 4.79 Å². The molecule has 0 aromatic carbocycles. The summed E-state index contributed by atoms with van der Waals surface area (Å²) in [7, 11) is 0. The third-order valence-electron chi connectivity index (χ3n) is 1.29. The summed E-state index contributed by atoms with van der Waals surface area (Å²) in [5, 5.41) is 9.02. The van der Waals surface area contributed by atoms with Crippen LogP contribution in [0.3, 0.4) is 0 Å². The molecule has 1 N–H and O–H groups in total. The first-order valence-corrected chi connectivity index (χ1v) is 3.02. The maximum atomic E-state index is 10.1. The van der Waals surface area contributed by atoms with E-state index in [1.807, 2.05) is 6.92 Å². The monoisotopic (exact) mass is 128 g/mol. The second-order valence-corrected chi connectivity index (χ2v) is 1.92. The van der Waals surface area contributed by atoms with Crippen LogP contribution < -0.4 is 0 Å². The van der Waals surface area contributed by atoms with E-state index in [-0.39, 0.29) is 0 Å². The highest BCUT2D eigenvalue weighted by Gasteiger charge is 2.11. The summed E-state index contributed by atoms with van der Waals surface area (Å²) in [6.07, 6.45) is 2.21. The molecule has 0 aromatic heterocycles. The van der Waals surface area contributed by atoms with Crippen LogP contribution in [0.4, 0.5) is 0 Å². The van der Waals surface area contributed by atoms with E-state index in [0.29, 0.717) is 12.7 Å². The molecular formula is C7H12O2. The third kappa shape index (κ3) is 2.42. The Bertz CT molecular complexity index is 91.1.